The minimum atomic E-state index is -0.450. The van der Waals surface area contributed by atoms with Crippen molar-refractivity contribution in [2.75, 3.05) is 51.8 Å². The molecule has 1 aromatic rings. The maximum atomic E-state index is 13.6. The molecule has 0 saturated carbocycles. The second kappa shape index (κ2) is 7.49. The highest BCUT2D eigenvalue weighted by atomic mass is 19.1. The van der Waals surface area contributed by atoms with Crippen molar-refractivity contribution in [3.63, 3.8) is 0 Å². The lowest BCUT2D eigenvalue weighted by atomic mass is 9.85. The van der Waals surface area contributed by atoms with Gasteiger partial charge in [-0.1, -0.05) is 12.1 Å². The fourth-order valence-corrected chi connectivity index (χ4v) is 3.73. The van der Waals surface area contributed by atoms with Crippen molar-refractivity contribution >= 4 is 17.5 Å². The molecule has 7 heteroatoms. The Morgan fingerprint density at radius 2 is 2.08 bits per heavy atom. The van der Waals surface area contributed by atoms with Gasteiger partial charge in [0, 0.05) is 26.7 Å². The number of nitrogens with zero attached hydrogens (tertiary/aromatic N) is 2. The van der Waals surface area contributed by atoms with Crippen molar-refractivity contribution in [1.29, 1.82) is 0 Å². The highest BCUT2D eigenvalue weighted by molar-refractivity contribution is 5.92. The molecule has 1 aromatic carbocycles. The van der Waals surface area contributed by atoms with Gasteiger partial charge < -0.3 is 15.0 Å². The first-order chi connectivity index (χ1) is 12.0. The summed E-state index contributed by atoms with van der Waals surface area (Å²) in [7, 11) is 1.63. The number of carbonyl (C=O) groups is 2. The molecule has 1 atom stereocenters. The molecule has 2 aliphatic heterocycles. The highest BCUT2D eigenvalue weighted by Crippen LogP contribution is 2.40. The molecule has 2 saturated heterocycles. The van der Waals surface area contributed by atoms with Gasteiger partial charge in [0.2, 0.25) is 11.8 Å². The number of hydrogen-bond acceptors (Lipinski definition) is 4. The van der Waals surface area contributed by atoms with Crippen molar-refractivity contribution in [2.24, 2.45) is 5.41 Å². The Morgan fingerprint density at radius 1 is 1.32 bits per heavy atom. The number of amides is 2. The van der Waals surface area contributed by atoms with Gasteiger partial charge in [-0.15, -0.1) is 0 Å². The number of halogens is 1. The van der Waals surface area contributed by atoms with Gasteiger partial charge >= 0.3 is 0 Å². The third-order valence-electron chi connectivity index (χ3n) is 5.11. The van der Waals surface area contributed by atoms with Crippen molar-refractivity contribution < 1.29 is 18.7 Å². The van der Waals surface area contributed by atoms with Gasteiger partial charge in [-0.05, 0) is 31.5 Å². The fraction of sp³-hybridized carbons (Fsp3) is 0.556. The minimum Gasteiger partial charge on any atom is -0.383 e. The van der Waals surface area contributed by atoms with Gasteiger partial charge in [0.1, 0.15) is 5.82 Å². The Morgan fingerprint density at radius 3 is 2.84 bits per heavy atom. The van der Waals surface area contributed by atoms with E-state index in [1.54, 1.807) is 19.2 Å². The summed E-state index contributed by atoms with van der Waals surface area (Å²) >= 11 is 0. The van der Waals surface area contributed by atoms with Crippen LogP contribution in [0.4, 0.5) is 10.1 Å². The molecule has 0 aliphatic carbocycles. The Kier molecular flexibility index (Phi) is 5.34. The lowest BCUT2D eigenvalue weighted by molar-refractivity contribution is -0.136. The first-order valence-corrected chi connectivity index (χ1v) is 8.59. The molecule has 0 radical (unpaired) electrons. The lowest BCUT2D eigenvalue weighted by Crippen LogP contribution is -2.39. The van der Waals surface area contributed by atoms with Gasteiger partial charge in [-0.3, -0.25) is 14.5 Å². The van der Waals surface area contributed by atoms with Crippen molar-refractivity contribution in [1.82, 2.24) is 9.80 Å². The van der Waals surface area contributed by atoms with E-state index in [1.165, 1.54) is 12.1 Å². The summed E-state index contributed by atoms with van der Waals surface area (Å²) in [6, 6.07) is 6.10. The molecule has 1 unspecified atom stereocenters. The summed E-state index contributed by atoms with van der Waals surface area (Å²) in [5.74, 6) is -0.543. The van der Waals surface area contributed by atoms with Crippen LogP contribution in [-0.4, -0.2) is 68.1 Å². The van der Waals surface area contributed by atoms with Crippen molar-refractivity contribution in [3.8, 4) is 0 Å². The lowest BCUT2D eigenvalue weighted by Gasteiger charge is -2.23. The first-order valence-electron chi connectivity index (χ1n) is 8.59. The number of methoxy groups -OCH3 is 1. The van der Waals surface area contributed by atoms with Gasteiger partial charge in [0.15, 0.2) is 0 Å². The third kappa shape index (κ3) is 3.82. The largest absolute Gasteiger partial charge is 0.383 e. The van der Waals surface area contributed by atoms with Crippen LogP contribution in [0.5, 0.6) is 0 Å². The monoisotopic (exact) mass is 349 g/mol. The molecule has 3 rings (SSSR count). The molecule has 0 aromatic heterocycles. The Balaban J connectivity index is 1.54. The zero-order valence-corrected chi connectivity index (χ0v) is 14.5. The van der Waals surface area contributed by atoms with Crippen LogP contribution in [-0.2, 0) is 14.3 Å². The smallest absolute Gasteiger partial charge is 0.238 e. The summed E-state index contributed by atoms with van der Waals surface area (Å²) in [6.07, 6.45) is 1.59. The highest BCUT2D eigenvalue weighted by Gasteiger charge is 2.50. The van der Waals surface area contributed by atoms with E-state index in [9.17, 15) is 14.0 Å². The Hall–Kier alpha value is -1.99. The van der Waals surface area contributed by atoms with Crippen LogP contribution in [0.2, 0.25) is 0 Å². The van der Waals surface area contributed by atoms with E-state index in [0.29, 0.717) is 26.2 Å². The zero-order valence-electron chi connectivity index (χ0n) is 14.5. The van der Waals surface area contributed by atoms with Crippen molar-refractivity contribution in [2.45, 2.75) is 12.8 Å². The third-order valence-corrected chi connectivity index (χ3v) is 5.11. The van der Waals surface area contributed by atoms with Crippen LogP contribution in [0.1, 0.15) is 12.8 Å². The molecule has 6 nitrogen and oxygen atoms in total. The van der Waals surface area contributed by atoms with E-state index in [2.05, 4.69) is 5.32 Å². The van der Waals surface area contributed by atoms with E-state index < -0.39 is 5.82 Å². The summed E-state index contributed by atoms with van der Waals surface area (Å²) in [5, 5.41) is 2.60. The van der Waals surface area contributed by atoms with Gasteiger partial charge in [-0.2, -0.15) is 0 Å². The molecule has 25 heavy (non-hydrogen) atoms. The number of carbonyl (C=O) groups excluding carboxylic acids is 2. The Labute approximate surface area is 146 Å². The van der Waals surface area contributed by atoms with Crippen LogP contribution in [0.3, 0.4) is 0 Å². The molecule has 2 heterocycles. The number of rotatable bonds is 6. The topological polar surface area (TPSA) is 61.9 Å². The van der Waals surface area contributed by atoms with Gasteiger partial charge in [0.05, 0.1) is 24.3 Å². The number of likely N-dealkylation sites (tertiary alicyclic amines) is 2. The van der Waals surface area contributed by atoms with Gasteiger partial charge in [-0.25, -0.2) is 4.39 Å². The number of para-hydroxylation sites is 1. The van der Waals surface area contributed by atoms with E-state index in [-0.39, 0.29) is 29.5 Å². The second-order valence-corrected chi connectivity index (χ2v) is 6.80. The predicted octanol–water partition coefficient (Wildman–Crippen LogP) is 1.33. The fourth-order valence-electron chi connectivity index (χ4n) is 3.73. The molecular weight excluding hydrogens is 325 g/mol. The van der Waals surface area contributed by atoms with E-state index in [0.717, 1.165) is 19.4 Å². The summed E-state index contributed by atoms with van der Waals surface area (Å²) < 4.78 is 18.7. The minimum absolute atomic E-state index is 0.168. The molecule has 2 amide bonds. The average Bonchev–Trinajstić information content (AvgIpc) is 3.13. The van der Waals surface area contributed by atoms with E-state index >= 15 is 0 Å². The normalized spacial score (nSPS) is 23.6. The molecule has 2 fully saturated rings. The van der Waals surface area contributed by atoms with Crippen LogP contribution in [0, 0.1) is 11.2 Å². The van der Waals surface area contributed by atoms with Crippen LogP contribution >= 0.6 is 0 Å². The molecule has 2 aliphatic rings. The maximum absolute atomic E-state index is 13.6. The Bertz CT molecular complexity index is 654. The first kappa shape index (κ1) is 17.8. The van der Waals surface area contributed by atoms with Crippen LogP contribution in [0.15, 0.2) is 24.3 Å². The van der Waals surface area contributed by atoms with Crippen molar-refractivity contribution in [3.05, 3.63) is 30.1 Å². The molecular formula is C18H24FN3O3. The van der Waals surface area contributed by atoms with E-state index in [4.69, 9.17) is 4.74 Å². The maximum Gasteiger partial charge on any atom is 0.238 e. The quantitative estimate of drug-likeness (QED) is 0.842. The van der Waals surface area contributed by atoms with Crippen LogP contribution in [0.25, 0.3) is 0 Å². The van der Waals surface area contributed by atoms with E-state index in [1.807, 2.05) is 9.80 Å². The number of hydrogen-bond donors (Lipinski definition) is 1. The second-order valence-electron chi connectivity index (χ2n) is 6.80. The summed E-state index contributed by atoms with van der Waals surface area (Å²) in [5.41, 5.74) is -0.185. The standard InChI is InChI=1S/C18H24FN3O3/c1-25-11-10-22-9-7-18(17(22)24)6-8-21(13-18)12-16(23)20-15-5-3-2-4-14(15)19/h2-5H,6-13H2,1H3,(H,20,23). The summed E-state index contributed by atoms with van der Waals surface area (Å²) in [6.45, 7) is 3.36. The molecule has 1 spiro atoms. The van der Waals surface area contributed by atoms with Gasteiger partial charge in [0.25, 0.3) is 0 Å². The average molecular weight is 349 g/mol. The number of ether oxygens (including phenoxy) is 1. The predicted molar refractivity (Wildman–Crippen MR) is 91.6 cm³/mol. The zero-order chi connectivity index (χ0) is 17.9. The SMILES string of the molecule is COCCN1CCC2(CCN(CC(=O)Nc3ccccc3F)C2)C1=O. The summed E-state index contributed by atoms with van der Waals surface area (Å²) in [4.78, 5) is 28.7. The number of benzene rings is 1. The van der Waals surface area contributed by atoms with Crippen LogP contribution < -0.4 is 5.32 Å². The number of anilines is 1. The molecule has 136 valence electrons. The molecule has 1 N–H and O–H groups in total. The number of nitrogens with one attached hydrogen (secondary N) is 1. The molecule has 0 bridgehead atoms.